The molecule has 0 radical (unpaired) electrons. The molecule has 30 heavy (non-hydrogen) atoms. The third kappa shape index (κ3) is 4.90. The number of benzene rings is 4. The Labute approximate surface area is 189 Å². The highest BCUT2D eigenvalue weighted by Gasteiger charge is 2.13. The first kappa shape index (κ1) is 20.6. The molecule has 0 heterocycles. The van der Waals surface area contributed by atoms with E-state index in [1.54, 1.807) is 12.1 Å². The molecule has 0 aromatic heterocycles. The van der Waals surface area contributed by atoms with E-state index in [9.17, 15) is 4.79 Å². The zero-order chi connectivity index (χ0) is 20.9. The number of halogens is 2. The van der Waals surface area contributed by atoms with Gasteiger partial charge in [0.15, 0.2) is 0 Å². The Morgan fingerprint density at radius 1 is 0.833 bits per heavy atom. The van der Waals surface area contributed by atoms with Crippen LogP contribution in [0.3, 0.4) is 0 Å². The van der Waals surface area contributed by atoms with Crippen molar-refractivity contribution in [1.29, 1.82) is 0 Å². The molecule has 1 N–H and O–H groups in total. The van der Waals surface area contributed by atoms with Crippen LogP contribution in [0.4, 0.5) is 5.69 Å². The molecule has 0 fully saturated rings. The van der Waals surface area contributed by atoms with Gasteiger partial charge in [0.2, 0.25) is 0 Å². The molecule has 4 aromatic rings. The van der Waals surface area contributed by atoms with E-state index in [0.717, 1.165) is 26.9 Å². The Kier molecular flexibility index (Phi) is 6.48. The van der Waals surface area contributed by atoms with Crippen molar-refractivity contribution in [3.05, 3.63) is 106 Å². The van der Waals surface area contributed by atoms with Gasteiger partial charge in [-0.3, -0.25) is 0 Å². The molecular formula is C24H17Cl2NO2S. The topological polar surface area (TPSA) is 38.3 Å². The molecule has 0 aliphatic carbocycles. The fraction of sp³-hybridized carbons (Fsp3) is 0.0417. The zero-order valence-electron chi connectivity index (χ0n) is 15.8. The Balaban J connectivity index is 1.55. The number of ether oxygens (including phenoxy) is 1. The summed E-state index contributed by atoms with van der Waals surface area (Å²) in [6.07, 6.45) is 0. The lowest BCUT2D eigenvalue weighted by atomic mass is 10.0. The number of carbonyl (C=O) groups excluding carboxylic acids is 1. The highest BCUT2D eigenvalue weighted by Crippen LogP contribution is 2.32. The van der Waals surface area contributed by atoms with Gasteiger partial charge in [-0.15, -0.1) is 0 Å². The quantitative estimate of drug-likeness (QED) is 0.240. The van der Waals surface area contributed by atoms with Crippen LogP contribution >= 0.6 is 35.1 Å². The van der Waals surface area contributed by atoms with Crippen molar-refractivity contribution >= 4 is 57.6 Å². The van der Waals surface area contributed by atoms with Crippen LogP contribution in [0.2, 0.25) is 10.0 Å². The van der Waals surface area contributed by atoms with Gasteiger partial charge in [0.25, 0.3) is 0 Å². The van der Waals surface area contributed by atoms with E-state index in [1.807, 2.05) is 72.8 Å². The summed E-state index contributed by atoms with van der Waals surface area (Å²) in [6.45, 7) is 0.235. The van der Waals surface area contributed by atoms with Crippen LogP contribution in [-0.4, -0.2) is 5.97 Å². The Morgan fingerprint density at radius 2 is 1.53 bits per heavy atom. The highest BCUT2D eigenvalue weighted by atomic mass is 35.5. The number of fused-ring (bicyclic) bond motifs is 1. The predicted octanol–water partition coefficient (Wildman–Crippen LogP) is 7.62. The van der Waals surface area contributed by atoms with Gasteiger partial charge in [0.1, 0.15) is 6.61 Å². The lowest BCUT2D eigenvalue weighted by molar-refractivity contribution is 0.0475. The SMILES string of the molecule is O=C(OCc1ccccc1)c1cccc2c(NSc3cc(Cl)cc(Cl)c3)cccc12. The minimum atomic E-state index is -0.351. The number of esters is 1. The fourth-order valence-corrected chi connectivity index (χ4v) is 4.51. The van der Waals surface area contributed by atoms with Crippen LogP contribution in [0.1, 0.15) is 15.9 Å². The molecule has 0 spiro atoms. The van der Waals surface area contributed by atoms with Crippen LogP contribution in [-0.2, 0) is 11.3 Å². The summed E-state index contributed by atoms with van der Waals surface area (Å²) in [6, 6.07) is 26.4. The summed E-state index contributed by atoms with van der Waals surface area (Å²) in [5.41, 5.74) is 2.36. The number of hydrogen-bond acceptors (Lipinski definition) is 4. The summed E-state index contributed by atoms with van der Waals surface area (Å²) < 4.78 is 8.85. The van der Waals surface area contributed by atoms with E-state index < -0.39 is 0 Å². The lowest BCUT2D eigenvalue weighted by Gasteiger charge is -2.12. The fourth-order valence-electron chi connectivity index (χ4n) is 3.08. The molecule has 4 aromatic carbocycles. The average Bonchev–Trinajstić information content (AvgIpc) is 2.75. The molecular weight excluding hydrogens is 437 g/mol. The van der Waals surface area contributed by atoms with Gasteiger partial charge in [0.05, 0.1) is 11.3 Å². The normalized spacial score (nSPS) is 10.7. The molecule has 3 nitrogen and oxygen atoms in total. The standard InChI is InChI=1S/C24H17Cl2NO2S/c25-17-12-18(26)14-19(13-17)30-27-23-11-5-8-20-21(23)9-4-10-22(20)24(28)29-15-16-6-2-1-3-7-16/h1-14,27H,15H2. The molecule has 0 aliphatic heterocycles. The smallest absolute Gasteiger partial charge is 0.339 e. The van der Waals surface area contributed by atoms with Crippen LogP contribution < -0.4 is 4.72 Å². The summed E-state index contributed by atoms with van der Waals surface area (Å²) in [5.74, 6) is -0.351. The van der Waals surface area contributed by atoms with E-state index in [2.05, 4.69) is 4.72 Å². The Hall–Kier alpha value is -2.66. The van der Waals surface area contributed by atoms with Crippen molar-refractivity contribution in [3.63, 3.8) is 0 Å². The van der Waals surface area contributed by atoms with Crippen molar-refractivity contribution in [1.82, 2.24) is 0 Å². The largest absolute Gasteiger partial charge is 0.457 e. The average molecular weight is 454 g/mol. The molecule has 0 saturated carbocycles. The number of anilines is 1. The summed E-state index contributed by atoms with van der Waals surface area (Å²) in [4.78, 5) is 13.6. The molecule has 0 atom stereocenters. The Morgan fingerprint density at radius 3 is 2.30 bits per heavy atom. The maximum atomic E-state index is 12.7. The van der Waals surface area contributed by atoms with Gasteiger partial charge in [0, 0.05) is 20.3 Å². The summed E-state index contributed by atoms with van der Waals surface area (Å²) in [7, 11) is 0. The molecule has 4 rings (SSSR count). The van der Waals surface area contributed by atoms with Crippen LogP contribution in [0, 0.1) is 0 Å². The third-order valence-corrected chi connectivity index (χ3v) is 5.70. The van der Waals surface area contributed by atoms with E-state index in [1.165, 1.54) is 11.9 Å². The first-order valence-electron chi connectivity index (χ1n) is 9.22. The van der Waals surface area contributed by atoms with Crippen LogP contribution in [0.5, 0.6) is 0 Å². The van der Waals surface area contributed by atoms with E-state index in [-0.39, 0.29) is 12.6 Å². The molecule has 150 valence electrons. The second-order valence-electron chi connectivity index (χ2n) is 6.58. The molecule has 0 bridgehead atoms. The maximum Gasteiger partial charge on any atom is 0.339 e. The highest BCUT2D eigenvalue weighted by molar-refractivity contribution is 8.00. The minimum Gasteiger partial charge on any atom is -0.457 e. The van der Waals surface area contributed by atoms with Crippen LogP contribution in [0.15, 0.2) is 89.8 Å². The minimum absolute atomic E-state index is 0.235. The number of hydrogen-bond donors (Lipinski definition) is 1. The van der Waals surface area contributed by atoms with Crippen molar-refractivity contribution in [2.24, 2.45) is 0 Å². The van der Waals surface area contributed by atoms with Crippen molar-refractivity contribution in [2.75, 3.05) is 4.72 Å². The predicted molar refractivity (Wildman–Crippen MR) is 125 cm³/mol. The van der Waals surface area contributed by atoms with E-state index in [0.29, 0.717) is 15.6 Å². The van der Waals surface area contributed by atoms with Gasteiger partial charge < -0.3 is 9.46 Å². The van der Waals surface area contributed by atoms with Crippen molar-refractivity contribution in [3.8, 4) is 0 Å². The third-order valence-electron chi connectivity index (χ3n) is 4.47. The van der Waals surface area contributed by atoms with Crippen LogP contribution in [0.25, 0.3) is 10.8 Å². The van der Waals surface area contributed by atoms with E-state index in [4.69, 9.17) is 27.9 Å². The van der Waals surface area contributed by atoms with Gasteiger partial charge in [-0.2, -0.15) is 0 Å². The maximum absolute atomic E-state index is 12.7. The summed E-state index contributed by atoms with van der Waals surface area (Å²) >= 11 is 13.6. The Bertz CT molecular complexity index is 1180. The second-order valence-corrected chi connectivity index (χ2v) is 8.33. The molecule has 0 amide bonds. The molecule has 0 saturated heterocycles. The summed E-state index contributed by atoms with van der Waals surface area (Å²) in [5, 5.41) is 2.90. The number of nitrogens with one attached hydrogen (secondary N) is 1. The van der Waals surface area contributed by atoms with E-state index >= 15 is 0 Å². The second kappa shape index (κ2) is 9.43. The first-order valence-corrected chi connectivity index (χ1v) is 10.8. The van der Waals surface area contributed by atoms with Gasteiger partial charge in [-0.25, -0.2) is 4.79 Å². The zero-order valence-corrected chi connectivity index (χ0v) is 18.1. The molecule has 0 unspecified atom stereocenters. The molecule has 0 aliphatic rings. The van der Waals surface area contributed by atoms with Crippen molar-refractivity contribution < 1.29 is 9.53 Å². The number of carbonyl (C=O) groups is 1. The first-order chi connectivity index (χ1) is 14.6. The van der Waals surface area contributed by atoms with Gasteiger partial charge in [-0.05, 0) is 53.2 Å². The molecule has 6 heteroatoms. The van der Waals surface area contributed by atoms with Crippen molar-refractivity contribution in [2.45, 2.75) is 11.5 Å². The lowest BCUT2D eigenvalue weighted by Crippen LogP contribution is -2.06. The number of rotatable bonds is 6. The monoisotopic (exact) mass is 453 g/mol. The van der Waals surface area contributed by atoms with Gasteiger partial charge >= 0.3 is 5.97 Å². The van der Waals surface area contributed by atoms with Gasteiger partial charge in [-0.1, -0.05) is 77.8 Å².